The molecule has 1 aliphatic rings. The number of hydrogen-bond donors (Lipinski definition) is 2. The first-order valence-corrected chi connectivity index (χ1v) is 13.3. The van der Waals surface area contributed by atoms with E-state index in [1.54, 1.807) is 48.9 Å². The summed E-state index contributed by atoms with van der Waals surface area (Å²) in [5, 5.41) is 21.4. The molecular formula is C30H27F4N5O2. The second-order valence-electron chi connectivity index (χ2n) is 10.5. The Labute approximate surface area is 232 Å². The highest BCUT2D eigenvalue weighted by Gasteiger charge is 2.36. The molecule has 2 aromatic heterocycles. The summed E-state index contributed by atoms with van der Waals surface area (Å²) in [6.45, 7) is 1.77. The predicted molar refractivity (Wildman–Crippen MR) is 145 cm³/mol. The molecule has 2 heterocycles. The van der Waals surface area contributed by atoms with E-state index in [0.717, 1.165) is 18.9 Å². The normalized spacial score (nSPS) is 18.3. The van der Waals surface area contributed by atoms with Gasteiger partial charge in [-0.2, -0.15) is 13.2 Å². The van der Waals surface area contributed by atoms with Gasteiger partial charge in [-0.3, -0.25) is 0 Å². The quantitative estimate of drug-likeness (QED) is 0.223. The van der Waals surface area contributed by atoms with E-state index < -0.39 is 29.7 Å². The van der Waals surface area contributed by atoms with Gasteiger partial charge in [-0.1, -0.05) is 18.2 Å². The lowest BCUT2D eigenvalue weighted by atomic mass is 9.97. The van der Waals surface area contributed by atoms with Crippen molar-refractivity contribution >= 4 is 11.1 Å². The highest BCUT2D eigenvalue weighted by atomic mass is 19.4. The van der Waals surface area contributed by atoms with Crippen LogP contribution < -0.4 is 5.32 Å². The van der Waals surface area contributed by atoms with Crippen molar-refractivity contribution in [1.29, 1.82) is 0 Å². The van der Waals surface area contributed by atoms with Gasteiger partial charge in [0.05, 0.1) is 6.10 Å². The third-order valence-corrected chi connectivity index (χ3v) is 7.62. The van der Waals surface area contributed by atoms with E-state index in [2.05, 4.69) is 20.5 Å². The van der Waals surface area contributed by atoms with E-state index in [1.807, 2.05) is 6.07 Å². The summed E-state index contributed by atoms with van der Waals surface area (Å²) in [5.41, 5.74) is 1.52. The minimum atomic E-state index is -4.67. The first-order chi connectivity index (χ1) is 19.6. The van der Waals surface area contributed by atoms with Crippen molar-refractivity contribution in [2.45, 2.75) is 50.6 Å². The Bertz CT molecular complexity index is 1730. The molecule has 0 amide bonds. The maximum atomic E-state index is 14.2. The summed E-state index contributed by atoms with van der Waals surface area (Å²) >= 11 is 0. The molecule has 6 rings (SSSR count). The van der Waals surface area contributed by atoms with Crippen molar-refractivity contribution in [3.05, 3.63) is 77.9 Å². The number of aryl methyl sites for hydroxylation is 1. The number of hydrogen-bond acceptors (Lipinski definition) is 6. The molecule has 0 radical (unpaired) electrons. The number of rotatable bonds is 6. The van der Waals surface area contributed by atoms with Crippen LogP contribution in [0.2, 0.25) is 0 Å². The van der Waals surface area contributed by atoms with Gasteiger partial charge in [0.2, 0.25) is 5.89 Å². The fraction of sp³-hybridized carbons (Fsp3) is 0.300. The van der Waals surface area contributed by atoms with Crippen molar-refractivity contribution in [3.63, 3.8) is 0 Å². The lowest BCUT2D eigenvalue weighted by Gasteiger charge is -2.23. The molecule has 5 aromatic rings. The molecule has 1 saturated carbocycles. The Hall–Kier alpha value is -4.09. The Kier molecular flexibility index (Phi) is 6.87. The van der Waals surface area contributed by atoms with Crippen LogP contribution in [0.5, 0.6) is 0 Å². The fourth-order valence-corrected chi connectivity index (χ4v) is 5.49. The molecule has 0 spiro atoms. The number of nitrogens with zero attached hydrogens (tertiary/aromatic N) is 4. The SMILES string of the molecule is C[C@@H](N[C@@H]1CCC[C@@H]1O)c1cc(C(F)(F)F)c2oc(-c3cccc(-c4ccc(F)cc4-c4nncn4C)c3)nc2c1. The van der Waals surface area contributed by atoms with E-state index in [-0.39, 0.29) is 23.0 Å². The van der Waals surface area contributed by atoms with Gasteiger partial charge in [0, 0.05) is 30.3 Å². The van der Waals surface area contributed by atoms with Crippen molar-refractivity contribution in [3.8, 4) is 34.0 Å². The maximum Gasteiger partial charge on any atom is 0.420 e. The molecule has 2 N–H and O–H groups in total. The summed E-state index contributed by atoms with van der Waals surface area (Å²) < 4.78 is 64.2. The molecule has 7 nitrogen and oxygen atoms in total. The predicted octanol–water partition coefficient (Wildman–Crippen LogP) is 6.68. The minimum absolute atomic E-state index is 0.0265. The van der Waals surface area contributed by atoms with Gasteiger partial charge < -0.3 is 19.4 Å². The Balaban J connectivity index is 1.41. The van der Waals surface area contributed by atoms with E-state index in [9.17, 15) is 22.7 Å². The van der Waals surface area contributed by atoms with E-state index >= 15 is 0 Å². The van der Waals surface area contributed by atoms with E-state index in [4.69, 9.17) is 4.42 Å². The van der Waals surface area contributed by atoms with Crippen LogP contribution >= 0.6 is 0 Å². The van der Waals surface area contributed by atoms with Crippen LogP contribution in [0, 0.1) is 5.82 Å². The van der Waals surface area contributed by atoms with Gasteiger partial charge in [-0.25, -0.2) is 9.37 Å². The van der Waals surface area contributed by atoms with E-state index in [0.29, 0.717) is 40.1 Å². The third-order valence-electron chi connectivity index (χ3n) is 7.62. The number of oxazole rings is 1. The lowest BCUT2D eigenvalue weighted by molar-refractivity contribution is -0.136. The summed E-state index contributed by atoms with van der Waals surface area (Å²) in [4.78, 5) is 4.45. The number of aliphatic hydroxyl groups excluding tert-OH is 1. The zero-order valence-corrected chi connectivity index (χ0v) is 22.3. The number of halogens is 4. The largest absolute Gasteiger partial charge is 0.435 e. The highest BCUT2D eigenvalue weighted by Crippen LogP contribution is 2.40. The topological polar surface area (TPSA) is 89.0 Å². The molecular weight excluding hydrogens is 538 g/mol. The number of benzene rings is 3. The van der Waals surface area contributed by atoms with Crippen LogP contribution in [0.25, 0.3) is 45.1 Å². The summed E-state index contributed by atoms with van der Waals surface area (Å²) in [5.74, 6) is 0.0455. The average molecular weight is 566 g/mol. The Morgan fingerprint density at radius 2 is 1.85 bits per heavy atom. The highest BCUT2D eigenvalue weighted by molar-refractivity contribution is 5.84. The molecule has 11 heteroatoms. The number of nitrogens with one attached hydrogen (secondary N) is 1. The van der Waals surface area contributed by atoms with Gasteiger partial charge in [0.1, 0.15) is 23.2 Å². The molecule has 1 fully saturated rings. The second-order valence-corrected chi connectivity index (χ2v) is 10.5. The third kappa shape index (κ3) is 5.22. The number of aromatic nitrogens is 4. The zero-order valence-electron chi connectivity index (χ0n) is 22.3. The van der Waals surface area contributed by atoms with Gasteiger partial charge in [-0.15, -0.1) is 10.2 Å². The number of aliphatic hydroxyl groups is 1. The molecule has 0 saturated heterocycles. The smallest absolute Gasteiger partial charge is 0.420 e. The van der Waals surface area contributed by atoms with Crippen LogP contribution in [-0.4, -0.2) is 37.0 Å². The summed E-state index contributed by atoms with van der Waals surface area (Å²) in [6, 6.07) is 13.3. The second kappa shape index (κ2) is 10.4. The van der Waals surface area contributed by atoms with Crippen LogP contribution in [-0.2, 0) is 13.2 Å². The summed E-state index contributed by atoms with van der Waals surface area (Å²) in [7, 11) is 1.75. The Morgan fingerprint density at radius 1 is 1.05 bits per heavy atom. The zero-order chi connectivity index (χ0) is 28.9. The van der Waals surface area contributed by atoms with Gasteiger partial charge >= 0.3 is 6.18 Å². The molecule has 0 aliphatic heterocycles. The number of alkyl halides is 3. The molecule has 41 heavy (non-hydrogen) atoms. The molecule has 3 aromatic carbocycles. The lowest BCUT2D eigenvalue weighted by Crippen LogP contribution is -2.37. The van der Waals surface area contributed by atoms with Gasteiger partial charge in [0.25, 0.3) is 0 Å². The van der Waals surface area contributed by atoms with Crippen molar-refractivity contribution in [1.82, 2.24) is 25.1 Å². The molecule has 0 unspecified atom stereocenters. The van der Waals surface area contributed by atoms with Crippen molar-refractivity contribution in [2.75, 3.05) is 0 Å². The maximum absolute atomic E-state index is 14.2. The monoisotopic (exact) mass is 565 g/mol. The molecule has 3 atom stereocenters. The standard InChI is InChI=1S/C30H27F4N5O2/c1-16(36-24-7-4-8-26(24)40)19-12-23(30(32,33)34)27-25(13-19)37-29(41-27)18-6-3-5-17(11-18)21-10-9-20(31)14-22(21)28-38-35-15-39(28)2/h3,5-6,9-16,24,26,36,40H,4,7-8H2,1-2H3/t16-,24-,26+/m1/s1. The van der Waals surface area contributed by atoms with Crippen LogP contribution in [0.1, 0.15) is 43.4 Å². The van der Waals surface area contributed by atoms with Gasteiger partial charge in [-0.05, 0) is 79.3 Å². The van der Waals surface area contributed by atoms with Crippen LogP contribution in [0.3, 0.4) is 0 Å². The fourth-order valence-electron chi connectivity index (χ4n) is 5.49. The molecule has 212 valence electrons. The molecule has 1 aliphatic carbocycles. The molecule has 0 bridgehead atoms. The van der Waals surface area contributed by atoms with Crippen LogP contribution in [0.15, 0.2) is 65.3 Å². The Morgan fingerprint density at radius 3 is 2.56 bits per heavy atom. The first-order valence-electron chi connectivity index (χ1n) is 13.3. The minimum Gasteiger partial charge on any atom is -0.435 e. The number of fused-ring (bicyclic) bond motifs is 1. The summed E-state index contributed by atoms with van der Waals surface area (Å²) in [6.07, 6.45) is -1.39. The van der Waals surface area contributed by atoms with Crippen molar-refractivity contribution in [2.24, 2.45) is 7.05 Å². The van der Waals surface area contributed by atoms with E-state index in [1.165, 1.54) is 18.5 Å². The van der Waals surface area contributed by atoms with Gasteiger partial charge in [0.15, 0.2) is 11.4 Å². The van der Waals surface area contributed by atoms with Crippen LogP contribution in [0.4, 0.5) is 17.6 Å². The van der Waals surface area contributed by atoms with Crippen molar-refractivity contribution < 1.29 is 27.1 Å². The average Bonchev–Trinajstić information content (AvgIpc) is 3.67. The first kappa shape index (κ1) is 27.1.